The normalized spacial score (nSPS) is 25.5. The topological polar surface area (TPSA) is 44.0 Å². The Kier molecular flexibility index (Phi) is 3.49. The highest BCUT2D eigenvalue weighted by Crippen LogP contribution is 2.40. The molecule has 0 radical (unpaired) electrons. The fourth-order valence-corrected chi connectivity index (χ4v) is 2.90. The standard InChI is InChI=1S/C15H19NO/c1-2-13(11-16)15(17)10-6-5-8-12-7-3-4-9-14(12)15/h3-4,7,9,13,17H,2,5-6,8,10H2,1H3. The lowest BCUT2D eigenvalue weighted by atomic mass is 9.77. The second-order valence-corrected chi connectivity index (χ2v) is 4.88. The summed E-state index contributed by atoms with van der Waals surface area (Å²) in [7, 11) is 0. The van der Waals surface area contributed by atoms with Crippen LogP contribution in [0.2, 0.25) is 0 Å². The number of nitriles is 1. The first-order valence-corrected chi connectivity index (χ1v) is 6.42. The van der Waals surface area contributed by atoms with E-state index in [1.807, 2.05) is 25.1 Å². The van der Waals surface area contributed by atoms with Crippen LogP contribution >= 0.6 is 0 Å². The van der Waals surface area contributed by atoms with E-state index >= 15 is 0 Å². The van der Waals surface area contributed by atoms with Crippen LogP contribution in [-0.4, -0.2) is 5.11 Å². The smallest absolute Gasteiger partial charge is 0.106 e. The summed E-state index contributed by atoms with van der Waals surface area (Å²) in [5, 5.41) is 20.2. The van der Waals surface area contributed by atoms with Gasteiger partial charge in [0.15, 0.2) is 0 Å². The van der Waals surface area contributed by atoms with Gasteiger partial charge in [-0.3, -0.25) is 0 Å². The van der Waals surface area contributed by atoms with E-state index in [0.29, 0.717) is 12.8 Å². The van der Waals surface area contributed by atoms with Crippen molar-refractivity contribution in [1.82, 2.24) is 0 Å². The number of aryl methyl sites for hydroxylation is 1. The number of nitrogens with zero attached hydrogens (tertiary/aromatic N) is 1. The Morgan fingerprint density at radius 1 is 1.41 bits per heavy atom. The van der Waals surface area contributed by atoms with Crippen LogP contribution in [0.15, 0.2) is 24.3 Å². The van der Waals surface area contributed by atoms with Gasteiger partial charge in [-0.1, -0.05) is 31.2 Å². The van der Waals surface area contributed by atoms with Crippen molar-refractivity contribution in [2.24, 2.45) is 5.92 Å². The molecule has 0 fully saturated rings. The van der Waals surface area contributed by atoms with Crippen LogP contribution in [0, 0.1) is 17.2 Å². The van der Waals surface area contributed by atoms with E-state index in [-0.39, 0.29) is 5.92 Å². The van der Waals surface area contributed by atoms with Crippen molar-refractivity contribution in [1.29, 1.82) is 5.26 Å². The summed E-state index contributed by atoms with van der Waals surface area (Å²) in [4.78, 5) is 0. The van der Waals surface area contributed by atoms with E-state index in [1.165, 1.54) is 5.56 Å². The summed E-state index contributed by atoms with van der Waals surface area (Å²) < 4.78 is 0. The summed E-state index contributed by atoms with van der Waals surface area (Å²) in [6.45, 7) is 1.97. The number of aliphatic hydroxyl groups is 1. The maximum Gasteiger partial charge on any atom is 0.106 e. The van der Waals surface area contributed by atoms with Crippen molar-refractivity contribution in [3.05, 3.63) is 35.4 Å². The molecule has 0 heterocycles. The predicted octanol–water partition coefficient (Wildman–Crippen LogP) is 3.15. The average Bonchev–Trinajstić information content (AvgIpc) is 2.52. The molecule has 17 heavy (non-hydrogen) atoms. The van der Waals surface area contributed by atoms with Gasteiger partial charge in [0, 0.05) is 0 Å². The molecule has 90 valence electrons. The van der Waals surface area contributed by atoms with Crippen LogP contribution in [0.4, 0.5) is 0 Å². The first-order valence-electron chi connectivity index (χ1n) is 6.42. The van der Waals surface area contributed by atoms with Gasteiger partial charge >= 0.3 is 0 Å². The Morgan fingerprint density at radius 2 is 2.18 bits per heavy atom. The third kappa shape index (κ3) is 2.08. The predicted molar refractivity (Wildman–Crippen MR) is 67.3 cm³/mol. The first kappa shape index (κ1) is 12.1. The van der Waals surface area contributed by atoms with E-state index < -0.39 is 5.60 Å². The molecule has 1 aliphatic rings. The lowest BCUT2D eigenvalue weighted by molar-refractivity contribution is -0.0130. The fraction of sp³-hybridized carbons (Fsp3) is 0.533. The number of hydrogen-bond acceptors (Lipinski definition) is 2. The Morgan fingerprint density at radius 3 is 2.88 bits per heavy atom. The Balaban J connectivity index is 2.50. The van der Waals surface area contributed by atoms with E-state index in [9.17, 15) is 10.4 Å². The fourth-order valence-electron chi connectivity index (χ4n) is 2.90. The number of benzene rings is 1. The number of rotatable bonds is 2. The second-order valence-electron chi connectivity index (χ2n) is 4.88. The largest absolute Gasteiger partial charge is 0.384 e. The van der Waals surface area contributed by atoms with E-state index in [1.54, 1.807) is 0 Å². The van der Waals surface area contributed by atoms with Gasteiger partial charge < -0.3 is 5.11 Å². The van der Waals surface area contributed by atoms with E-state index in [4.69, 9.17) is 0 Å². The number of hydrogen-bond donors (Lipinski definition) is 1. The molecule has 0 aliphatic heterocycles. The van der Waals surface area contributed by atoms with Crippen LogP contribution in [0.1, 0.15) is 43.7 Å². The Hall–Kier alpha value is -1.33. The van der Waals surface area contributed by atoms with Crippen LogP contribution in [-0.2, 0) is 12.0 Å². The second kappa shape index (κ2) is 4.89. The van der Waals surface area contributed by atoms with Crippen LogP contribution in [0.25, 0.3) is 0 Å². The average molecular weight is 229 g/mol. The van der Waals surface area contributed by atoms with Crippen molar-refractivity contribution < 1.29 is 5.11 Å². The first-order chi connectivity index (χ1) is 8.22. The molecule has 2 unspecified atom stereocenters. The van der Waals surface area contributed by atoms with E-state index in [0.717, 1.165) is 24.8 Å². The highest BCUT2D eigenvalue weighted by molar-refractivity contribution is 5.35. The lowest BCUT2D eigenvalue weighted by Gasteiger charge is -2.32. The SMILES string of the molecule is CCC(C#N)C1(O)CCCCc2ccccc21. The van der Waals surface area contributed by atoms with Gasteiger partial charge in [0.05, 0.1) is 12.0 Å². The van der Waals surface area contributed by atoms with Crippen molar-refractivity contribution in [3.8, 4) is 6.07 Å². The Bertz CT molecular complexity index is 435. The molecule has 2 heteroatoms. The molecule has 1 aromatic carbocycles. The molecule has 1 aromatic rings. The molecule has 0 aromatic heterocycles. The molecule has 0 spiro atoms. The molecule has 0 amide bonds. The molecular weight excluding hydrogens is 210 g/mol. The zero-order valence-corrected chi connectivity index (χ0v) is 10.3. The van der Waals surface area contributed by atoms with Crippen molar-refractivity contribution >= 4 is 0 Å². The van der Waals surface area contributed by atoms with Crippen LogP contribution < -0.4 is 0 Å². The summed E-state index contributed by atoms with van der Waals surface area (Å²) in [5.41, 5.74) is 1.24. The molecule has 2 rings (SSSR count). The zero-order valence-electron chi connectivity index (χ0n) is 10.3. The van der Waals surface area contributed by atoms with Gasteiger partial charge in [-0.25, -0.2) is 0 Å². The molecule has 1 N–H and O–H groups in total. The molecule has 0 saturated heterocycles. The highest BCUT2D eigenvalue weighted by Gasteiger charge is 2.39. The third-order valence-electron chi connectivity index (χ3n) is 3.88. The minimum Gasteiger partial charge on any atom is -0.384 e. The van der Waals surface area contributed by atoms with Crippen molar-refractivity contribution in [2.45, 2.75) is 44.6 Å². The molecule has 0 saturated carbocycles. The van der Waals surface area contributed by atoms with Gasteiger partial charge in [0.25, 0.3) is 0 Å². The van der Waals surface area contributed by atoms with Crippen LogP contribution in [0.5, 0.6) is 0 Å². The highest BCUT2D eigenvalue weighted by atomic mass is 16.3. The molecule has 0 bridgehead atoms. The van der Waals surface area contributed by atoms with Gasteiger partial charge in [0.2, 0.25) is 0 Å². The van der Waals surface area contributed by atoms with Gasteiger partial charge in [-0.05, 0) is 43.2 Å². The zero-order chi connectivity index (χ0) is 12.3. The number of fused-ring (bicyclic) bond motifs is 1. The maximum atomic E-state index is 10.9. The van der Waals surface area contributed by atoms with Crippen molar-refractivity contribution in [3.63, 3.8) is 0 Å². The minimum atomic E-state index is -0.948. The molecule has 2 atom stereocenters. The maximum absolute atomic E-state index is 10.9. The summed E-state index contributed by atoms with van der Waals surface area (Å²) in [5.74, 6) is -0.304. The van der Waals surface area contributed by atoms with Crippen LogP contribution in [0.3, 0.4) is 0 Å². The quantitative estimate of drug-likeness (QED) is 0.792. The van der Waals surface area contributed by atoms with Gasteiger partial charge in [0.1, 0.15) is 5.60 Å². The summed E-state index contributed by atoms with van der Waals surface area (Å²) in [6.07, 6.45) is 4.50. The van der Waals surface area contributed by atoms with E-state index in [2.05, 4.69) is 12.1 Å². The van der Waals surface area contributed by atoms with Gasteiger partial charge in [-0.15, -0.1) is 0 Å². The summed E-state index contributed by atoms with van der Waals surface area (Å²) in [6, 6.07) is 10.3. The third-order valence-corrected chi connectivity index (χ3v) is 3.88. The monoisotopic (exact) mass is 229 g/mol. The van der Waals surface area contributed by atoms with Crippen molar-refractivity contribution in [2.75, 3.05) is 0 Å². The molecule has 1 aliphatic carbocycles. The summed E-state index contributed by atoms with van der Waals surface area (Å²) >= 11 is 0. The Labute approximate surface area is 103 Å². The minimum absolute atomic E-state index is 0.304. The molecule has 2 nitrogen and oxygen atoms in total. The lowest BCUT2D eigenvalue weighted by Crippen LogP contribution is -2.34. The molecular formula is C15H19NO. The van der Waals surface area contributed by atoms with Gasteiger partial charge in [-0.2, -0.15) is 5.26 Å².